The molecule has 3 atom stereocenters. The molecule has 0 spiro atoms. The maximum atomic E-state index is 11.5. The average Bonchev–Trinajstić information content (AvgIpc) is 2.54. The van der Waals surface area contributed by atoms with Crippen molar-refractivity contribution in [2.45, 2.75) is 38.2 Å². The summed E-state index contributed by atoms with van der Waals surface area (Å²) >= 11 is 0. The molecule has 1 saturated heterocycles. The Kier molecular flexibility index (Phi) is 4.69. The minimum atomic E-state index is -0.480. The van der Waals surface area contributed by atoms with E-state index in [1.165, 1.54) is 25.7 Å². The summed E-state index contributed by atoms with van der Waals surface area (Å²) in [6, 6.07) is 3.84. The molecule has 126 valence electrons. The van der Waals surface area contributed by atoms with Crippen LogP contribution in [0, 0.1) is 11.8 Å². The number of carbonyl (C=O) groups excluding carboxylic acids is 1. The van der Waals surface area contributed by atoms with Gasteiger partial charge in [0.1, 0.15) is 11.3 Å². The number of primary amides is 1. The molecule has 2 heterocycles. The van der Waals surface area contributed by atoms with Gasteiger partial charge in [0.05, 0.1) is 0 Å². The van der Waals surface area contributed by atoms with Crippen molar-refractivity contribution in [1.82, 2.24) is 9.88 Å². The fourth-order valence-electron chi connectivity index (χ4n) is 4.75. The van der Waals surface area contributed by atoms with Crippen molar-refractivity contribution >= 4 is 5.91 Å². The van der Waals surface area contributed by atoms with Crippen molar-refractivity contribution in [3.8, 4) is 0 Å². The quantitative estimate of drug-likeness (QED) is 0.903. The summed E-state index contributed by atoms with van der Waals surface area (Å²) in [6.07, 6.45) is 6.45. The van der Waals surface area contributed by atoms with Crippen LogP contribution in [-0.2, 0) is 10.3 Å². The van der Waals surface area contributed by atoms with E-state index in [0.29, 0.717) is 17.5 Å². The number of nitrogens with zero attached hydrogens (tertiary/aromatic N) is 2. The molecule has 2 N–H and O–H groups in total. The van der Waals surface area contributed by atoms with E-state index in [4.69, 9.17) is 10.5 Å². The molecule has 1 aliphatic heterocycles. The van der Waals surface area contributed by atoms with Gasteiger partial charge in [-0.15, -0.1) is 0 Å². The number of methoxy groups -OCH3 is 1. The second-order valence-electron chi connectivity index (χ2n) is 6.88. The smallest absolute Gasteiger partial charge is 0.267 e. The number of carbonyl (C=O) groups is 1. The minimum absolute atomic E-state index is 0.310. The van der Waals surface area contributed by atoms with Crippen molar-refractivity contribution in [1.29, 1.82) is 0 Å². The number of hydrogen-bond donors (Lipinski definition) is 1. The van der Waals surface area contributed by atoms with Crippen LogP contribution in [-0.4, -0.2) is 42.5 Å². The van der Waals surface area contributed by atoms with E-state index in [0.717, 1.165) is 25.2 Å². The maximum absolute atomic E-state index is 11.5. The molecule has 1 aliphatic carbocycles. The van der Waals surface area contributed by atoms with Gasteiger partial charge in [-0.2, -0.15) is 0 Å². The van der Waals surface area contributed by atoms with E-state index in [2.05, 4.69) is 16.8 Å². The van der Waals surface area contributed by atoms with Crippen molar-refractivity contribution in [2.75, 3.05) is 26.7 Å². The Morgan fingerprint density at radius 2 is 2.13 bits per heavy atom. The highest BCUT2D eigenvalue weighted by molar-refractivity contribution is 5.90. The standard InChI is InChI=1S/C18H27N3O2/c1-3-9-21-11-14-5-4-6-15(12-21)18(14,23-2)13-7-8-20-16(10-13)17(19)22/h7-8,10,14-15H,3-6,9,11-12H2,1-2H3,(H2,19,22)/t14-,15+,18-. The van der Waals surface area contributed by atoms with Gasteiger partial charge in [0, 0.05) is 38.2 Å². The minimum Gasteiger partial charge on any atom is -0.373 e. The number of aromatic nitrogens is 1. The monoisotopic (exact) mass is 317 g/mol. The van der Waals surface area contributed by atoms with E-state index in [-0.39, 0.29) is 5.60 Å². The third-order valence-electron chi connectivity index (χ3n) is 5.62. The topological polar surface area (TPSA) is 68.4 Å². The summed E-state index contributed by atoms with van der Waals surface area (Å²) in [5.41, 5.74) is 6.51. The zero-order chi connectivity index (χ0) is 16.4. The number of piperidine rings is 1. The molecular formula is C18H27N3O2. The molecule has 2 bridgehead atoms. The molecule has 3 rings (SSSR count). The summed E-state index contributed by atoms with van der Waals surface area (Å²) in [5.74, 6) is 0.427. The molecule has 0 unspecified atom stereocenters. The molecular weight excluding hydrogens is 290 g/mol. The summed E-state index contributed by atoms with van der Waals surface area (Å²) in [6.45, 7) is 5.50. The van der Waals surface area contributed by atoms with Gasteiger partial charge in [0.2, 0.25) is 0 Å². The summed E-state index contributed by atoms with van der Waals surface area (Å²) < 4.78 is 6.19. The van der Waals surface area contributed by atoms with Crippen LogP contribution < -0.4 is 5.73 Å². The third-order valence-corrected chi connectivity index (χ3v) is 5.62. The number of likely N-dealkylation sites (tertiary alicyclic amines) is 1. The molecule has 0 radical (unpaired) electrons. The van der Waals surface area contributed by atoms with E-state index < -0.39 is 5.91 Å². The SMILES string of the molecule is CCCN1C[C@H]2CCC[C@@H](C1)[C@@]2(OC)c1ccnc(C(N)=O)c1. The van der Waals surface area contributed by atoms with Crippen LogP contribution in [0.15, 0.2) is 18.3 Å². The number of amides is 1. The molecule has 1 amide bonds. The summed E-state index contributed by atoms with van der Waals surface area (Å²) in [4.78, 5) is 18.2. The fourth-order valence-corrected chi connectivity index (χ4v) is 4.75. The van der Waals surface area contributed by atoms with E-state index >= 15 is 0 Å². The first-order valence-corrected chi connectivity index (χ1v) is 8.65. The Balaban J connectivity index is 2.00. The van der Waals surface area contributed by atoms with Gasteiger partial charge >= 0.3 is 0 Å². The van der Waals surface area contributed by atoms with E-state index in [9.17, 15) is 4.79 Å². The lowest BCUT2D eigenvalue weighted by Crippen LogP contribution is -2.59. The van der Waals surface area contributed by atoms with Gasteiger partial charge in [-0.1, -0.05) is 13.3 Å². The van der Waals surface area contributed by atoms with Crippen LogP contribution in [0.1, 0.15) is 48.7 Å². The van der Waals surface area contributed by atoms with Gasteiger partial charge in [-0.25, -0.2) is 0 Å². The highest BCUT2D eigenvalue weighted by Crippen LogP contribution is 2.51. The van der Waals surface area contributed by atoms with E-state index in [1.54, 1.807) is 6.20 Å². The Morgan fingerprint density at radius 1 is 1.43 bits per heavy atom. The molecule has 1 saturated carbocycles. The lowest BCUT2D eigenvalue weighted by Gasteiger charge is -2.55. The number of nitrogens with two attached hydrogens (primary N) is 1. The first kappa shape index (κ1) is 16.4. The third kappa shape index (κ3) is 2.76. The number of fused-ring (bicyclic) bond motifs is 2. The molecule has 1 aromatic rings. The fraction of sp³-hybridized carbons (Fsp3) is 0.667. The summed E-state index contributed by atoms with van der Waals surface area (Å²) in [5, 5.41) is 0. The summed E-state index contributed by atoms with van der Waals surface area (Å²) in [7, 11) is 1.81. The number of rotatable bonds is 5. The van der Waals surface area contributed by atoms with Crippen LogP contribution in [0.2, 0.25) is 0 Å². The van der Waals surface area contributed by atoms with Gasteiger partial charge < -0.3 is 15.4 Å². The van der Waals surface area contributed by atoms with Crippen molar-refractivity contribution in [3.05, 3.63) is 29.6 Å². The highest BCUT2D eigenvalue weighted by atomic mass is 16.5. The largest absolute Gasteiger partial charge is 0.373 e. The van der Waals surface area contributed by atoms with Crippen LogP contribution >= 0.6 is 0 Å². The highest BCUT2D eigenvalue weighted by Gasteiger charge is 2.53. The Hall–Kier alpha value is -1.46. The van der Waals surface area contributed by atoms with Crippen molar-refractivity contribution in [2.24, 2.45) is 17.6 Å². The average molecular weight is 317 g/mol. The predicted molar refractivity (Wildman–Crippen MR) is 89.0 cm³/mol. The number of hydrogen-bond acceptors (Lipinski definition) is 4. The van der Waals surface area contributed by atoms with Crippen LogP contribution in [0.3, 0.4) is 0 Å². The van der Waals surface area contributed by atoms with Crippen molar-refractivity contribution in [3.63, 3.8) is 0 Å². The first-order valence-electron chi connectivity index (χ1n) is 8.65. The zero-order valence-electron chi connectivity index (χ0n) is 14.1. The first-order chi connectivity index (χ1) is 11.1. The van der Waals surface area contributed by atoms with Gasteiger partial charge in [0.25, 0.3) is 5.91 Å². The Morgan fingerprint density at radius 3 is 2.70 bits per heavy atom. The van der Waals surface area contributed by atoms with E-state index in [1.807, 2.05) is 19.2 Å². The molecule has 5 heteroatoms. The number of ether oxygens (including phenoxy) is 1. The molecule has 2 aliphatic rings. The second kappa shape index (κ2) is 6.57. The molecule has 0 aromatic carbocycles. The van der Waals surface area contributed by atoms with Crippen LogP contribution in [0.25, 0.3) is 0 Å². The maximum Gasteiger partial charge on any atom is 0.267 e. The normalized spacial score (nSPS) is 31.0. The Labute approximate surface area is 138 Å². The van der Waals surface area contributed by atoms with Gasteiger partial charge in [-0.05, 0) is 43.5 Å². The molecule has 23 heavy (non-hydrogen) atoms. The molecule has 2 fully saturated rings. The van der Waals surface area contributed by atoms with Crippen LogP contribution in [0.4, 0.5) is 0 Å². The lowest BCUT2D eigenvalue weighted by atomic mass is 9.62. The lowest BCUT2D eigenvalue weighted by molar-refractivity contribution is -0.168. The van der Waals surface area contributed by atoms with Gasteiger partial charge in [0.15, 0.2) is 0 Å². The zero-order valence-corrected chi connectivity index (χ0v) is 14.1. The molecule has 1 aromatic heterocycles. The second-order valence-corrected chi connectivity index (χ2v) is 6.88. The van der Waals surface area contributed by atoms with Crippen LogP contribution in [0.5, 0.6) is 0 Å². The Bertz CT molecular complexity index is 561. The predicted octanol–water partition coefficient (Wildman–Crippen LogP) is 2.16. The molecule has 5 nitrogen and oxygen atoms in total. The number of pyridine rings is 1. The van der Waals surface area contributed by atoms with Gasteiger partial charge in [-0.3, -0.25) is 9.78 Å². The van der Waals surface area contributed by atoms with Crippen molar-refractivity contribution < 1.29 is 9.53 Å².